The third-order valence-corrected chi connectivity index (χ3v) is 6.28. The van der Waals surface area contributed by atoms with Gasteiger partial charge in [-0.1, -0.05) is 35.3 Å². The van der Waals surface area contributed by atoms with Crippen molar-refractivity contribution in [1.82, 2.24) is 10.3 Å². The lowest BCUT2D eigenvalue weighted by Gasteiger charge is -2.03. The highest BCUT2D eigenvalue weighted by molar-refractivity contribution is 6.35. The van der Waals surface area contributed by atoms with Gasteiger partial charge in [0.15, 0.2) is 5.58 Å². The second kappa shape index (κ2) is 10.1. The summed E-state index contributed by atoms with van der Waals surface area (Å²) >= 11 is 12.1. The number of carbonyl (C=O) groups is 1. The van der Waals surface area contributed by atoms with Crippen molar-refractivity contribution in [2.75, 3.05) is 0 Å². The lowest BCUT2D eigenvalue weighted by Crippen LogP contribution is -2.20. The number of oxazole rings is 1. The van der Waals surface area contributed by atoms with Crippen LogP contribution in [0.4, 0.5) is 0 Å². The Labute approximate surface area is 218 Å². The Balaban J connectivity index is 1.19. The summed E-state index contributed by atoms with van der Waals surface area (Å²) in [4.78, 5) is 16.9. The van der Waals surface area contributed by atoms with Gasteiger partial charge in [0.25, 0.3) is 0 Å². The number of hydrogen-bond donors (Lipinski definition) is 1. The topological polar surface area (TPSA) is 68.3 Å². The molecular formula is C29H22Cl2N2O3. The van der Waals surface area contributed by atoms with Crippen LogP contribution in [0, 0.1) is 13.8 Å². The first-order chi connectivity index (χ1) is 17.3. The molecule has 0 aliphatic rings. The lowest BCUT2D eigenvalue weighted by atomic mass is 10.1. The summed E-state index contributed by atoms with van der Waals surface area (Å²) in [5.74, 6) is 1.51. The van der Waals surface area contributed by atoms with E-state index in [1.54, 1.807) is 36.4 Å². The fourth-order valence-electron chi connectivity index (χ4n) is 3.77. The monoisotopic (exact) mass is 516 g/mol. The highest BCUT2D eigenvalue weighted by Crippen LogP contribution is 2.29. The van der Waals surface area contributed by atoms with Crippen LogP contribution in [0.15, 0.2) is 81.6 Å². The standard InChI is InChI=1S/C29H22Cl2N2O3/c1-17-11-25-27(12-18(17)2)36-29(33-25)20-5-3-19(4-6-20)16-32-28(34)10-8-24-7-9-26(35-24)21-13-22(30)15-23(31)14-21/h3-15H,16H2,1-2H3,(H,32,34)/b10-8+. The molecule has 5 aromatic rings. The molecule has 0 saturated heterocycles. The molecular weight excluding hydrogens is 495 g/mol. The molecule has 0 saturated carbocycles. The molecule has 0 aliphatic heterocycles. The number of benzene rings is 3. The Morgan fingerprint density at radius 1 is 0.889 bits per heavy atom. The molecule has 5 rings (SSSR count). The highest BCUT2D eigenvalue weighted by Gasteiger charge is 2.10. The minimum Gasteiger partial charge on any atom is -0.457 e. The maximum absolute atomic E-state index is 12.3. The van der Waals surface area contributed by atoms with E-state index in [0.29, 0.717) is 34.0 Å². The predicted octanol–water partition coefficient (Wildman–Crippen LogP) is 8.01. The lowest BCUT2D eigenvalue weighted by molar-refractivity contribution is -0.116. The van der Waals surface area contributed by atoms with E-state index in [1.807, 2.05) is 36.4 Å². The van der Waals surface area contributed by atoms with Crippen LogP contribution in [-0.2, 0) is 11.3 Å². The summed E-state index contributed by atoms with van der Waals surface area (Å²) in [5, 5.41) is 3.93. The van der Waals surface area contributed by atoms with Crippen molar-refractivity contribution in [2.24, 2.45) is 0 Å². The van der Waals surface area contributed by atoms with Gasteiger partial charge >= 0.3 is 0 Å². The fraction of sp³-hybridized carbons (Fsp3) is 0.103. The summed E-state index contributed by atoms with van der Waals surface area (Å²) in [5.41, 5.74) is 6.58. The summed E-state index contributed by atoms with van der Waals surface area (Å²) in [7, 11) is 0. The third-order valence-electron chi connectivity index (χ3n) is 5.84. The zero-order chi connectivity index (χ0) is 25.2. The number of nitrogens with one attached hydrogen (secondary N) is 1. The van der Waals surface area contributed by atoms with Crippen molar-refractivity contribution in [3.8, 4) is 22.8 Å². The van der Waals surface area contributed by atoms with E-state index >= 15 is 0 Å². The van der Waals surface area contributed by atoms with E-state index < -0.39 is 0 Å². The van der Waals surface area contributed by atoms with Gasteiger partial charge in [-0.05, 0) is 91.2 Å². The highest BCUT2D eigenvalue weighted by atomic mass is 35.5. The van der Waals surface area contributed by atoms with E-state index in [0.717, 1.165) is 27.8 Å². The zero-order valence-corrected chi connectivity index (χ0v) is 21.2. The molecule has 0 spiro atoms. The van der Waals surface area contributed by atoms with Crippen molar-refractivity contribution in [3.63, 3.8) is 0 Å². The molecule has 0 radical (unpaired) electrons. The van der Waals surface area contributed by atoms with Gasteiger partial charge in [0.2, 0.25) is 11.8 Å². The first-order valence-corrected chi connectivity index (χ1v) is 12.1. The normalized spacial score (nSPS) is 11.4. The molecule has 1 N–H and O–H groups in total. The van der Waals surface area contributed by atoms with Crippen LogP contribution in [-0.4, -0.2) is 10.9 Å². The Morgan fingerprint density at radius 3 is 2.36 bits per heavy atom. The number of rotatable bonds is 6. The van der Waals surface area contributed by atoms with Gasteiger partial charge < -0.3 is 14.2 Å². The zero-order valence-electron chi connectivity index (χ0n) is 19.6. The summed E-state index contributed by atoms with van der Waals surface area (Å²) < 4.78 is 11.7. The molecule has 2 aromatic heterocycles. The van der Waals surface area contributed by atoms with Gasteiger partial charge in [0.05, 0.1) is 0 Å². The number of halogens is 2. The smallest absolute Gasteiger partial charge is 0.244 e. The van der Waals surface area contributed by atoms with Crippen molar-refractivity contribution in [2.45, 2.75) is 20.4 Å². The van der Waals surface area contributed by atoms with E-state index in [4.69, 9.17) is 32.0 Å². The molecule has 1 amide bonds. The van der Waals surface area contributed by atoms with Crippen molar-refractivity contribution >= 4 is 46.3 Å². The average molecular weight is 517 g/mol. The van der Waals surface area contributed by atoms with E-state index in [2.05, 4.69) is 24.1 Å². The number of aryl methyl sites for hydroxylation is 2. The van der Waals surface area contributed by atoms with Crippen LogP contribution in [0.2, 0.25) is 10.0 Å². The number of furan rings is 1. The van der Waals surface area contributed by atoms with Crippen LogP contribution in [0.1, 0.15) is 22.5 Å². The molecule has 0 aliphatic carbocycles. The minimum absolute atomic E-state index is 0.229. The molecule has 180 valence electrons. The third kappa shape index (κ3) is 5.38. The molecule has 2 heterocycles. The molecule has 36 heavy (non-hydrogen) atoms. The van der Waals surface area contributed by atoms with E-state index in [-0.39, 0.29) is 5.91 Å². The van der Waals surface area contributed by atoms with Gasteiger partial charge in [0.1, 0.15) is 17.0 Å². The molecule has 0 atom stereocenters. The Bertz CT molecular complexity index is 1540. The number of fused-ring (bicyclic) bond motifs is 1. The minimum atomic E-state index is -0.229. The summed E-state index contributed by atoms with van der Waals surface area (Å²) in [6.45, 7) is 4.50. The maximum atomic E-state index is 12.3. The summed E-state index contributed by atoms with van der Waals surface area (Å²) in [6, 6.07) is 20.6. The van der Waals surface area contributed by atoms with Crippen LogP contribution in [0.25, 0.3) is 40.0 Å². The largest absolute Gasteiger partial charge is 0.457 e. The molecule has 3 aromatic carbocycles. The fourth-order valence-corrected chi connectivity index (χ4v) is 4.29. The van der Waals surface area contributed by atoms with Crippen molar-refractivity contribution in [3.05, 3.63) is 105 Å². The summed E-state index contributed by atoms with van der Waals surface area (Å²) in [6.07, 6.45) is 3.05. The van der Waals surface area contributed by atoms with Gasteiger partial charge in [-0.25, -0.2) is 4.98 Å². The molecule has 0 fully saturated rings. The number of amides is 1. The van der Waals surface area contributed by atoms with Gasteiger partial charge in [-0.15, -0.1) is 0 Å². The number of nitrogens with zero attached hydrogens (tertiary/aromatic N) is 1. The quantitative estimate of drug-likeness (QED) is 0.232. The Kier molecular flexibility index (Phi) is 6.68. The predicted molar refractivity (Wildman–Crippen MR) is 144 cm³/mol. The SMILES string of the molecule is Cc1cc2nc(-c3ccc(CNC(=O)/C=C/c4ccc(-c5cc(Cl)cc(Cl)c5)o4)cc3)oc2cc1C. The Hall–Kier alpha value is -3.80. The van der Waals surface area contributed by atoms with E-state index in [1.165, 1.54) is 17.2 Å². The second-order valence-electron chi connectivity index (χ2n) is 8.53. The van der Waals surface area contributed by atoms with Crippen molar-refractivity contribution in [1.29, 1.82) is 0 Å². The molecule has 0 unspecified atom stereocenters. The first kappa shape index (κ1) is 23.9. The number of hydrogen-bond acceptors (Lipinski definition) is 4. The van der Waals surface area contributed by atoms with Gasteiger partial charge in [-0.2, -0.15) is 0 Å². The Morgan fingerprint density at radius 2 is 1.61 bits per heavy atom. The maximum Gasteiger partial charge on any atom is 0.244 e. The molecule has 0 bridgehead atoms. The molecule has 5 nitrogen and oxygen atoms in total. The number of aromatic nitrogens is 1. The van der Waals surface area contributed by atoms with Crippen LogP contribution < -0.4 is 5.32 Å². The first-order valence-electron chi connectivity index (χ1n) is 11.3. The second-order valence-corrected chi connectivity index (χ2v) is 9.40. The van der Waals surface area contributed by atoms with Crippen molar-refractivity contribution < 1.29 is 13.6 Å². The van der Waals surface area contributed by atoms with E-state index in [9.17, 15) is 4.79 Å². The van der Waals surface area contributed by atoms with Crippen LogP contribution >= 0.6 is 23.2 Å². The molecule has 7 heteroatoms. The van der Waals surface area contributed by atoms with Crippen LogP contribution in [0.5, 0.6) is 0 Å². The number of carbonyl (C=O) groups excluding carboxylic acids is 1. The van der Waals surface area contributed by atoms with Crippen LogP contribution in [0.3, 0.4) is 0 Å². The van der Waals surface area contributed by atoms with Gasteiger partial charge in [-0.3, -0.25) is 4.79 Å². The van der Waals surface area contributed by atoms with Gasteiger partial charge in [0, 0.05) is 33.8 Å². The average Bonchev–Trinajstić information content (AvgIpc) is 3.49.